The lowest BCUT2D eigenvalue weighted by Gasteiger charge is -2.55. The number of rotatable bonds is 6. The molecule has 0 unspecified atom stereocenters. The first-order valence-corrected chi connectivity index (χ1v) is 12.5. The number of benzene rings is 1. The molecular weight excluding hydrogens is 462 g/mol. The number of ether oxygens (including phenoxy) is 2. The van der Waals surface area contributed by atoms with Gasteiger partial charge in [-0.3, -0.25) is 9.59 Å². The number of aromatic nitrogens is 2. The lowest BCUT2D eigenvalue weighted by atomic mass is 9.49. The molecule has 4 aliphatic carbocycles. The van der Waals surface area contributed by atoms with Crippen LogP contribution >= 0.6 is 0 Å². The summed E-state index contributed by atoms with van der Waals surface area (Å²) in [6, 6.07) is 7.73. The monoisotopic (exact) mass is 491 g/mol. The predicted octanol–water partition coefficient (Wildman–Crippen LogP) is 4.12. The quantitative estimate of drug-likeness (QED) is 0.516. The summed E-state index contributed by atoms with van der Waals surface area (Å²) in [5, 5.41) is 3.08. The van der Waals surface area contributed by atoms with Gasteiger partial charge in [-0.1, -0.05) is 0 Å². The summed E-state index contributed by atoms with van der Waals surface area (Å²) >= 11 is 0. The largest absolute Gasteiger partial charge is 0.495 e. The molecule has 188 valence electrons. The van der Waals surface area contributed by atoms with E-state index >= 15 is 0 Å². The zero-order valence-electron chi connectivity index (χ0n) is 20.4. The van der Waals surface area contributed by atoms with Crippen molar-refractivity contribution in [3.63, 3.8) is 0 Å². The van der Waals surface area contributed by atoms with Crippen molar-refractivity contribution in [3.05, 3.63) is 57.7 Å². The van der Waals surface area contributed by atoms with E-state index in [0.29, 0.717) is 46.3 Å². The van der Waals surface area contributed by atoms with E-state index < -0.39 is 11.5 Å². The van der Waals surface area contributed by atoms with Crippen LogP contribution in [0.15, 0.2) is 39.6 Å². The highest BCUT2D eigenvalue weighted by Gasteiger charge is 2.54. The van der Waals surface area contributed by atoms with E-state index in [4.69, 9.17) is 14.0 Å². The molecule has 9 nitrogen and oxygen atoms in total. The van der Waals surface area contributed by atoms with Gasteiger partial charge in [0, 0.05) is 12.1 Å². The smallest absolute Gasteiger partial charge is 0.338 e. The van der Waals surface area contributed by atoms with Crippen molar-refractivity contribution in [3.8, 4) is 5.75 Å². The Morgan fingerprint density at radius 1 is 1.11 bits per heavy atom. The van der Waals surface area contributed by atoms with E-state index in [2.05, 4.69) is 10.3 Å². The molecule has 9 heteroatoms. The maximum absolute atomic E-state index is 13.5. The minimum atomic E-state index is -0.590. The third kappa shape index (κ3) is 3.96. The first-order chi connectivity index (χ1) is 17.3. The molecule has 1 N–H and O–H groups in total. The number of carbonyl (C=O) groups excluding carboxylic acids is 2. The van der Waals surface area contributed by atoms with Gasteiger partial charge in [0.15, 0.2) is 5.65 Å². The Kier molecular flexibility index (Phi) is 5.39. The summed E-state index contributed by atoms with van der Waals surface area (Å²) in [5.74, 6) is 2.42. The first kappa shape index (κ1) is 22.8. The Balaban J connectivity index is 1.18. The summed E-state index contributed by atoms with van der Waals surface area (Å²) < 4.78 is 17.3. The van der Waals surface area contributed by atoms with E-state index in [1.165, 1.54) is 32.4 Å². The molecule has 4 saturated carbocycles. The maximum atomic E-state index is 13.5. The molecule has 4 bridgehead atoms. The fraction of sp³-hybridized carbons (Fsp3) is 0.481. The highest BCUT2D eigenvalue weighted by Crippen LogP contribution is 2.60. The summed E-state index contributed by atoms with van der Waals surface area (Å²) in [6.45, 7) is 1.55. The molecule has 0 atom stereocenters. The second-order valence-corrected chi connectivity index (χ2v) is 10.7. The molecule has 2 heterocycles. The highest BCUT2D eigenvalue weighted by molar-refractivity contribution is 5.99. The van der Waals surface area contributed by atoms with Crippen LogP contribution in [0, 0.1) is 30.1 Å². The second-order valence-electron chi connectivity index (χ2n) is 10.7. The molecule has 2 aromatic heterocycles. The van der Waals surface area contributed by atoms with Gasteiger partial charge >= 0.3 is 5.97 Å². The van der Waals surface area contributed by atoms with Gasteiger partial charge in [-0.15, -0.1) is 4.57 Å². The van der Waals surface area contributed by atoms with Crippen molar-refractivity contribution in [2.24, 2.45) is 23.2 Å². The Morgan fingerprint density at radius 2 is 1.81 bits per heavy atom. The second kappa shape index (κ2) is 8.50. The summed E-state index contributed by atoms with van der Waals surface area (Å²) in [7, 11) is 1.53. The Labute approximate surface area is 207 Å². The molecule has 0 saturated heterocycles. The number of nitrogens with zero attached hydrogens (tertiary/aromatic N) is 2. The van der Waals surface area contributed by atoms with Crippen LogP contribution in [0.2, 0.25) is 0 Å². The molecule has 36 heavy (non-hydrogen) atoms. The van der Waals surface area contributed by atoms with Crippen molar-refractivity contribution in [2.45, 2.75) is 52.1 Å². The average molecular weight is 492 g/mol. The first-order valence-electron chi connectivity index (χ1n) is 12.5. The van der Waals surface area contributed by atoms with Gasteiger partial charge in [-0.05, 0) is 81.4 Å². The fourth-order valence-corrected chi connectivity index (χ4v) is 6.95. The van der Waals surface area contributed by atoms with E-state index in [1.807, 2.05) is 0 Å². The molecule has 1 amide bonds. The van der Waals surface area contributed by atoms with Crippen LogP contribution < -0.4 is 15.6 Å². The zero-order valence-corrected chi connectivity index (χ0v) is 20.4. The van der Waals surface area contributed by atoms with Crippen molar-refractivity contribution in [1.82, 2.24) is 9.56 Å². The molecule has 0 aliphatic heterocycles. The van der Waals surface area contributed by atoms with E-state index in [-0.39, 0.29) is 23.5 Å². The van der Waals surface area contributed by atoms with Crippen molar-refractivity contribution >= 4 is 23.2 Å². The van der Waals surface area contributed by atoms with Crippen LogP contribution in [-0.4, -0.2) is 28.5 Å². The average Bonchev–Trinajstić information content (AvgIpc) is 3.22. The Bertz CT molecular complexity index is 1390. The number of methoxy groups -OCH3 is 1. The third-order valence-corrected chi connectivity index (χ3v) is 8.08. The number of hydrogen-bond donors (Lipinski definition) is 1. The summed E-state index contributed by atoms with van der Waals surface area (Å²) in [5.41, 5.74) is 0.689. The zero-order chi connectivity index (χ0) is 25.0. The summed E-state index contributed by atoms with van der Waals surface area (Å²) in [4.78, 5) is 42.9. The van der Waals surface area contributed by atoms with Crippen molar-refractivity contribution in [1.29, 1.82) is 0 Å². The van der Waals surface area contributed by atoms with Gasteiger partial charge in [0.25, 0.3) is 5.56 Å². The van der Waals surface area contributed by atoms with Gasteiger partial charge in [0.2, 0.25) is 5.91 Å². The van der Waals surface area contributed by atoms with Gasteiger partial charge in [-0.25, -0.2) is 9.78 Å². The number of hydrogen-bond acceptors (Lipinski definition) is 7. The van der Waals surface area contributed by atoms with Gasteiger partial charge in [0.1, 0.15) is 18.1 Å². The fourth-order valence-electron chi connectivity index (χ4n) is 6.95. The lowest BCUT2D eigenvalue weighted by molar-refractivity contribution is -0.140. The Hall–Kier alpha value is -3.62. The van der Waals surface area contributed by atoms with Crippen LogP contribution in [0.1, 0.15) is 60.3 Å². The van der Waals surface area contributed by atoms with Gasteiger partial charge in [0.05, 0.1) is 29.5 Å². The van der Waals surface area contributed by atoms with E-state index in [9.17, 15) is 14.4 Å². The highest BCUT2D eigenvalue weighted by atomic mass is 16.5. The van der Waals surface area contributed by atoms with Crippen LogP contribution in [-0.2, 0) is 16.1 Å². The number of fused-ring (bicyclic) bond motifs is 1. The number of carbonyl (C=O) groups is 2. The minimum Gasteiger partial charge on any atom is -0.495 e. The normalized spacial score (nSPS) is 26.2. The third-order valence-electron chi connectivity index (χ3n) is 8.08. The number of aryl methyl sites for hydroxylation is 1. The SMILES string of the molecule is COc1ccc(C(=O)OCc2cc(=O)n3oc(C)cc3n2)cc1NC(=O)C12CC3CC(CC(C3)C1)C2. The van der Waals surface area contributed by atoms with Gasteiger partial charge in [-0.2, -0.15) is 0 Å². The predicted molar refractivity (Wildman–Crippen MR) is 130 cm³/mol. The molecule has 0 spiro atoms. The van der Waals surface area contributed by atoms with Crippen LogP contribution in [0.3, 0.4) is 0 Å². The lowest BCUT2D eigenvalue weighted by Crippen LogP contribution is -2.51. The minimum absolute atomic E-state index is 0.0267. The number of amides is 1. The molecule has 4 fully saturated rings. The number of anilines is 1. The number of nitrogens with one attached hydrogen (secondary N) is 1. The van der Waals surface area contributed by atoms with Crippen molar-refractivity contribution in [2.75, 3.05) is 12.4 Å². The molecule has 3 aromatic rings. The molecule has 0 radical (unpaired) electrons. The standard InChI is InChI=1S/C27H29N3O6/c1-15-5-23-28-20(10-24(31)30(23)36-15)14-35-25(32)19-3-4-22(34-2)21(9-19)29-26(33)27-11-16-6-17(12-27)8-18(7-16)13-27/h3-5,9-10,16-18H,6-8,11-14H2,1-2H3,(H,29,33). The molecule has 7 rings (SSSR count). The Morgan fingerprint density at radius 3 is 2.47 bits per heavy atom. The number of esters is 1. The van der Waals surface area contributed by atoms with Crippen LogP contribution in [0.5, 0.6) is 5.75 Å². The maximum Gasteiger partial charge on any atom is 0.338 e. The molecular formula is C27H29N3O6. The van der Waals surface area contributed by atoms with Gasteiger partial charge < -0.3 is 19.3 Å². The summed E-state index contributed by atoms with van der Waals surface area (Å²) in [6.07, 6.45) is 6.61. The van der Waals surface area contributed by atoms with E-state index in [1.54, 1.807) is 31.2 Å². The topological polar surface area (TPSA) is 112 Å². The van der Waals surface area contributed by atoms with E-state index in [0.717, 1.165) is 23.8 Å². The molecule has 4 aliphatic rings. The van der Waals surface area contributed by atoms with Crippen molar-refractivity contribution < 1.29 is 23.6 Å². The van der Waals surface area contributed by atoms with Crippen LogP contribution in [0.25, 0.3) is 5.65 Å². The molecule has 1 aromatic carbocycles. The van der Waals surface area contributed by atoms with Crippen LogP contribution in [0.4, 0.5) is 5.69 Å².